The van der Waals surface area contributed by atoms with Gasteiger partial charge in [0, 0.05) is 13.0 Å². The summed E-state index contributed by atoms with van der Waals surface area (Å²) in [6, 6.07) is -0.726. The van der Waals surface area contributed by atoms with Crippen molar-refractivity contribution >= 4 is 5.91 Å². The van der Waals surface area contributed by atoms with E-state index < -0.39 is 11.9 Å². The Morgan fingerprint density at radius 1 is 1.69 bits per heavy atom. The van der Waals surface area contributed by atoms with Crippen molar-refractivity contribution in [2.75, 3.05) is 0 Å². The van der Waals surface area contributed by atoms with Gasteiger partial charge in [0.2, 0.25) is 5.91 Å². The molecule has 0 fully saturated rings. The van der Waals surface area contributed by atoms with Gasteiger partial charge >= 0.3 is 0 Å². The molecule has 7 nitrogen and oxygen atoms in total. The predicted molar refractivity (Wildman–Crippen MR) is 44.4 cm³/mol. The number of hydrogen-bond acceptors (Lipinski definition) is 5. The molecule has 0 aromatic carbocycles. The van der Waals surface area contributed by atoms with E-state index in [0.29, 0.717) is 12.4 Å². The average molecular weight is 184 g/mol. The summed E-state index contributed by atoms with van der Waals surface area (Å²) in [6.45, 7) is 2.55. The summed E-state index contributed by atoms with van der Waals surface area (Å²) < 4.78 is 1.57. The largest absolute Gasteiger partial charge is 0.368 e. The van der Waals surface area contributed by atoms with Gasteiger partial charge < -0.3 is 11.5 Å². The second-order valence-corrected chi connectivity index (χ2v) is 2.62. The third-order valence-electron chi connectivity index (χ3n) is 1.67. The lowest BCUT2D eigenvalue weighted by atomic mass is 10.2. The maximum atomic E-state index is 10.6. The van der Waals surface area contributed by atoms with Crippen LogP contribution in [0.5, 0.6) is 0 Å². The van der Waals surface area contributed by atoms with Crippen molar-refractivity contribution in [3.8, 4) is 0 Å². The lowest BCUT2D eigenvalue weighted by Gasteiger charge is -2.05. The molecule has 1 rings (SSSR count). The van der Waals surface area contributed by atoms with Crippen LogP contribution in [0, 0.1) is 0 Å². The van der Waals surface area contributed by atoms with Gasteiger partial charge in [-0.3, -0.25) is 4.79 Å². The zero-order valence-electron chi connectivity index (χ0n) is 7.34. The molecule has 0 spiro atoms. The van der Waals surface area contributed by atoms with Crippen molar-refractivity contribution in [1.82, 2.24) is 20.2 Å². The number of nitrogens with zero attached hydrogens (tertiary/aromatic N) is 4. The van der Waals surface area contributed by atoms with E-state index in [4.69, 9.17) is 11.5 Å². The predicted octanol–water partition coefficient (Wildman–Crippen LogP) is -1.95. The summed E-state index contributed by atoms with van der Waals surface area (Å²) in [7, 11) is 0. The molecule has 1 aromatic heterocycles. The lowest BCUT2D eigenvalue weighted by Crippen LogP contribution is -2.38. The summed E-state index contributed by atoms with van der Waals surface area (Å²) in [5, 5.41) is 10.9. The highest BCUT2D eigenvalue weighted by molar-refractivity contribution is 5.79. The summed E-state index contributed by atoms with van der Waals surface area (Å²) in [6.07, 6.45) is 0.274. The first-order valence-electron chi connectivity index (χ1n) is 3.95. The Morgan fingerprint density at radius 3 is 2.92 bits per heavy atom. The minimum Gasteiger partial charge on any atom is -0.368 e. The Hall–Kier alpha value is -1.50. The van der Waals surface area contributed by atoms with Gasteiger partial charge in [-0.15, -0.1) is 5.10 Å². The van der Waals surface area contributed by atoms with Crippen molar-refractivity contribution < 1.29 is 4.79 Å². The number of carbonyl (C=O) groups is 1. The van der Waals surface area contributed by atoms with E-state index in [0.717, 1.165) is 0 Å². The van der Waals surface area contributed by atoms with Crippen LogP contribution in [0.3, 0.4) is 0 Å². The average Bonchev–Trinajstić information content (AvgIpc) is 2.51. The van der Waals surface area contributed by atoms with Gasteiger partial charge in [-0.25, -0.2) is 4.68 Å². The van der Waals surface area contributed by atoms with Crippen LogP contribution in [0.25, 0.3) is 0 Å². The van der Waals surface area contributed by atoms with Gasteiger partial charge in [0.15, 0.2) is 5.82 Å². The first-order valence-corrected chi connectivity index (χ1v) is 3.95. The molecule has 0 radical (unpaired) electrons. The number of nitrogens with two attached hydrogens (primary N) is 2. The molecule has 7 heteroatoms. The zero-order valence-corrected chi connectivity index (χ0v) is 7.34. The maximum absolute atomic E-state index is 10.6. The first kappa shape index (κ1) is 9.59. The van der Waals surface area contributed by atoms with Gasteiger partial charge in [0.1, 0.15) is 0 Å². The highest BCUT2D eigenvalue weighted by Crippen LogP contribution is 1.95. The van der Waals surface area contributed by atoms with Crippen LogP contribution in [0.2, 0.25) is 0 Å². The number of rotatable bonds is 4. The van der Waals surface area contributed by atoms with Crippen molar-refractivity contribution in [1.29, 1.82) is 0 Å². The van der Waals surface area contributed by atoms with Crippen LogP contribution in [0.4, 0.5) is 0 Å². The molecule has 72 valence electrons. The number of aromatic nitrogens is 4. The smallest absolute Gasteiger partial charge is 0.234 e. The molecule has 1 atom stereocenters. The minimum absolute atomic E-state index is 0.274. The van der Waals surface area contributed by atoms with Gasteiger partial charge in [0.25, 0.3) is 0 Å². The number of carbonyl (C=O) groups excluding carboxylic acids is 1. The molecule has 13 heavy (non-hydrogen) atoms. The van der Waals surface area contributed by atoms with Crippen LogP contribution in [0.15, 0.2) is 0 Å². The SMILES string of the molecule is CCn1nnnc1CC(N)C(N)=O. The standard InChI is InChI=1S/C6H12N6O/c1-2-12-5(9-10-11-12)3-4(7)6(8)13/h4H,2-3,7H2,1H3,(H2,8,13). The molecule has 0 saturated heterocycles. The fourth-order valence-electron chi connectivity index (χ4n) is 0.912. The molecule has 0 bridgehead atoms. The summed E-state index contributed by atoms with van der Waals surface area (Å²) in [4.78, 5) is 10.6. The van der Waals surface area contributed by atoms with E-state index in [1.807, 2.05) is 6.92 Å². The van der Waals surface area contributed by atoms with Crippen LogP contribution >= 0.6 is 0 Å². The van der Waals surface area contributed by atoms with Gasteiger partial charge in [0.05, 0.1) is 6.04 Å². The van der Waals surface area contributed by atoms with E-state index >= 15 is 0 Å². The molecule has 0 saturated carbocycles. The van der Waals surface area contributed by atoms with E-state index in [1.54, 1.807) is 4.68 Å². The first-order chi connectivity index (χ1) is 6.15. The fraction of sp³-hybridized carbons (Fsp3) is 0.667. The third kappa shape index (κ3) is 2.22. The molecule has 4 N–H and O–H groups in total. The Balaban J connectivity index is 2.68. The highest BCUT2D eigenvalue weighted by Gasteiger charge is 2.14. The molecule has 1 unspecified atom stereocenters. The zero-order chi connectivity index (χ0) is 9.84. The normalized spacial score (nSPS) is 12.8. The van der Waals surface area contributed by atoms with Crippen LogP contribution in [-0.2, 0) is 17.8 Å². The number of aryl methyl sites for hydroxylation is 1. The Bertz CT molecular complexity index is 295. The number of amides is 1. The topological polar surface area (TPSA) is 113 Å². The molecule has 0 aliphatic rings. The number of hydrogen-bond donors (Lipinski definition) is 2. The van der Waals surface area contributed by atoms with Crippen molar-refractivity contribution in [3.63, 3.8) is 0 Å². The van der Waals surface area contributed by atoms with Crippen molar-refractivity contribution in [2.24, 2.45) is 11.5 Å². The van der Waals surface area contributed by atoms with E-state index in [-0.39, 0.29) is 6.42 Å². The van der Waals surface area contributed by atoms with E-state index in [9.17, 15) is 4.79 Å². The highest BCUT2D eigenvalue weighted by atomic mass is 16.1. The lowest BCUT2D eigenvalue weighted by molar-refractivity contribution is -0.119. The van der Waals surface area contributed by atoms with E-state index in [1.165, 1.54) is 0 Å². The Morgan fingerprint density at radius 2 is 2.38 bits per heavy atom. The summed E-state index contributed by atoms with van der Waals surface area (Å²) in [5.74, 6) is 0.0273. The minimum atomic E-state index is -0.726. The molecular weight excluding hydrogens is 172 g/mol. The van der Waals surface area contributed by atoms with Crippen LogP contribution in [0.1, 0.15) is 12.7 Å². The number of tetrazole rings is 1. The second-order valence-electron chi connectivity index (χ2n) is 2.62. The monoisotopic (exact) mass is 184 g/mol. The second kappa shape index (κ2) is 3.94. The van der Waals surface area contributed by atoms with Gasteiger partial charge in [-0.1, -0.05) is 0 Å². The molecule has 0 aliphatic heterocycles. The fourth-order valence-corrected chi connectivity index (χ4v) is 0.912. The Kier molecular flexibility index (Phi) is 2.91. The molecule has 1 aromatic rings. The van der Waals surface area contributed by atoms with Crippen molar-refractivity contribution in [2.45, 2.75) is 25.9 Å². The third-order valence-corrected chi connectivity index (χ3v) is 1.67. The molecule has 0 aliphatic carbocycles. The van der Waals surface area contributed by atoms with Gasteiger partial charge in [-0.05, 0) is 17.4 Å². The Labute approximate surface area is 75.1 Å². The molecule has 1 amide bonds. The molecule has 1 heterocycles. The van der Waals surface area contributed by atoms with Crippen molar-refractivity contribution in [3.05, 3.63) is 5.82 Å². The summed E-state index contributed by atoms with van der Waals surface area (Å²) in [5.41, 5.74) is 10.5. The quantitative estimate of drug-likeness (QED) is 0.564. The summed E-state index contributed by atoms with van der Waals surface area (Å²) >= 11 is 0. The van der Waals surface area contributed by atoms with Gasteiger partial charge in [-0.2, -0.15) is 0 Å². The van der Waals surface area contributed by atoms with Crippen LogP contribution < -0.4 is 11.5 Å². The van der Waals surface area contributed by atoms with E-state index in [2.05, 4.69) is 15.5 Å². The maximum Gasteiger partial charge on any atom is 0.234 e. The van der Waals surface area contributed by atoms with Crippen LogP contribution in [-0.4, -0.2) is 32.2 Å². The number of primary amides is 1. The molecular formula is C6H12N6O.